The van der Waals surface area contributed by atoms with Gasteiger partial charge in [-0.1, -0.05) is 35.9 Å². The van der Waals surface area contributed by atoms with Crippen LogP contribution in [0, 0.1) is 0 Å². The van der Waals surface area contributed by atoms with Gasteiger partial charge in [-0.3, -0.25) is 0 Å². The zero-order valence-corrected chi connectivity index (χ0v) is 14.8. The van der Waals surface area contributed by atoms with Crippen LogP contribution in [0.5, 0.6) is 0 Å². The van der Waals surface area contributed by atoms with Crippen molar-refractivity contribution in [1.29, 1.82) is 0 Å². The molecule has 6 nitrogen and oxygen atoms in total. The van der Waals surface area contributed by atoms with Crippen LogP contribution in [0.25, 0.3) is 17.2 Å². The summed E-state index contributed by atoms with van der Waals surface area (Å²) in [6.07, 6.45) is -1.18. The van der Waals surface area contributed by atoms with Crippen molar-refractivity contribution in [2.45, 2.75) is 13.0 Å². The van der Waals surface area contributed by atoms with Gasteiger partial charge in [0.05, 0.1) is 12.2 Å². The molecule has 3 rings (SSSR count). The second kappa shape index (κ2) is 8.15. The minimum absolute atomic E-state index is 0.0355. The Morgan fingerprint density at radius 2 is 1.78 bits per heavy atom. The lowest BCUT2D eigenvalue weighted by atomic mass is 10.1. The molecule has 9 heteroatoms. The standard InChI is InChI=1S/C18H16ClF2N5O/c19-14-7-5-12(6-8-14)15(22)10-26(23)9-11-1-3-13(4-2-11)17-24-25-18(27-17)16(20)21/h1-8,10,16H,9,22-23H2/b15-10-. The van der Waals surface area contributed by atoms with Gasteiger partial charge in [-0.2, -0.15) is 8.78 Å². The number of hydrazine groups is 1. The third-order valence-corrected chi connectivity index (χ3v) is 3.93. The summed E-state index contributed by atoms with van der Waals surface area (Å²) in [6, 6.07) is 14.0. The predicted molar refractivity (Wildman–Crippen MR) is 98.0 cm³/mol. The van der Waals surface area contributed by atoms with Crippen molar-refractivity contribution in [1.82, 2.24) is 15.2 Å². The number of rotatable bonds is 6. The van der Waals surface area contributed by atoms with Crippen molar-refractivity contribution in [2.24, 2.45) is 11.6 Å². The van der Waals surface area contributed by atoms with Gasteiger partial charge in [-0.15, -0.1) is 10.2 Å². The van der Waals surface area contributed by atoms with Gasteiger partial charge in [0.15, 0.2) is 0 Å². The summed E-state index contributed by atoms with van der Waals surface area (Å²) < 4.78 is 29.9. The first-order valence-corrected chi connectivity index (χ1v) is 8.25. The van der Waals surface area contributed by atoms with E-state index in [1.165, 1.54) is 5.01 Å². The zero-order valence-electron chi connectivity index (χ0n) is 14.0. The quantitative estimate of drug-likeness (QED) is 0.488. The Labute approximate surface area is 159 Å². The molecule has 0 radical (unpaired) electrons. The number of nitrogens with two attached hydrogens (primary N) is 2. The number of hydrogen-bond acceptors (Lipinski definition) is 6. The van der Waals surface area contributed by atoms with Gasteiger partial charge in [0.25, 0.3) is 5.89 Å². The van der Waals surface area contributed by atoms with E-state index in [9.17, 15) is 8.78 Å². The van der Waals surface area contributed by atoms with Gasteiger partial charge in [-0.25, -0.2) is 5.84 Å². The maximum absolute atomic E-state index is 12.5. The van der Waals surface area contributed by atoms with Crippen molar-refractivity contribution < 1.29 is 13.2 Å². The Balaban J connectivity index is 1.66. The minimum Gasteiger partial charge on any atom is -0.415 e. The Hall–Kier alpha value is -2.97. The monoisotopic (exact) mass is 391 g/mol. The topological polar surface area (TPSA) is 94.2 Å². The molecular formula is C18H16ClF2N5O. The lowest BCUT2D eigenvalue weighted by molar-refractivity contribution is 0.116. The molecule has 0 atom stereocenters. The van der Waals surface area contributed by atoms with Crippen molar-refractivity contribution >= 4 is 17.3 Å². The highest BCUT2D eigenvalue weighted by molar-refractivity contribution is 6.30. The molecule has 0 bridgehead atoms. The molecule has 4 N–H and O–H groups in total. The van der Waals surface area contributed by atoms with Crippen molar-refractivity contribution in [2.75, 3.05) is 0 Å². The lowest BCUT2D eigenvalue weighted by Crippen LogP contribution is -2.25. The fourth-order valence-corrected chi connectivity index (χ4v) is 2.47. The summed E-state index contributed by atoms with van der Waals surface area (Å²) in [4.78, 5) is 0. The van der Waals surface area contributed by atoms with E-state index in [2.05, 4.69) is 10.2 Å². The average Bonchev–Trinajstić information content (AvgIpc) is 3.13. The molecule has 0 fully saturated rings. The largest absolute Gasteiger partial charge is 0.415 e. The summed E-state index contributed by atoms with van der Waals surface area (Å²) >= 11 is 5.86. The summed E-state index contributed by atoms with van der Waals surface area (Å²) in [5.74, 6) is 5.32. The molecule has 0 amide bonds. The van der Waals surface area contributed by atoms with Gasteiger partial charge >= 0.3 is 6.43 Å². The van der Waals surface area contributed by atoms with E-state index in [1.54, 1.807) is 54.7 Å². The van der Waals surface area contributed by atoms with Crippen LogP contribution in [-0.2, 0) is 6.54 Å². The number of nitrogens with zero attached hydrogens (tertiary/aromatic N) is 3. The molecule has 3 aromatic rings. The highest BCUT2D eigenvalue weighted by Gasteiger charge is 2.16. The highest BCUT2D eigenvalue weighted by Crippen LogP contribution is 2.23. The number of benzene rings is 2. The van der Waals surface area contributed by atoms with Crippen molar-refractivity contribution in [3.05, 3.63) is 76.8 Å². The predicted octanol–water partition coefficient (Wildman–Crippen LogP) is 3.96. The van der Waals surface area contributed by atoms with E-state index in [-0.39, 0.29) is 5.89 Å². The third kappa shape index (κ3) is 4.81. The van der Waals surface area contributed by atoms with Gasteiger partial charge in [0, 0.05) is 16.8 Å². The molecule has 0 saturated heterocycles. The molecule has 1 heterocycles. The minimum atomic E-state index is -2.80. The van der Waals surface area contributed by atoms with Crippen LogP contribution in [0.4, 0.5) is 8.78 Å². The zero-order chi connectivity index (χ0) is 19.4. The average molecular weight is 392 g/mol. The van der Waals surface area contributed by atoms with Crippen molar-refractivity contribution in [3.63, 3.8) is 0 Å². The molecule has 1 aromatic heterocycles. The van der Waals surface area contributed by atoms with Gasteiger partial charge in [0.1, 0.15) is 0 Å². The molecular weight excluding hydrogens is 376 g/mol. The first-order valence-electron chi connectivity index (χ1n) is 7.88. The van der Waals surface area contributed by atoms with Crippen LogP contribution in [-0.4, -0.2) is 15.2 Å². The molecule has 0 aliphatic rings. The van der Waals surface area contributed by atoms with E-state index in [1.807, 2.05) is 0 Å². The maximum atomic E-state index is 12.5. The molecule has 0 spiro atoms. The van der Waals surface area contributed by atoms with E-state index in [4.69, 9.17) is 27.6 Å². The Kier molecular flexibility index (Phi) is 5.68. The molecule has 27 heavy (non-hydrogen) atoms. The molecule has 140 valence electrons. The Bertz CT molecular complexity index is 926. The number of aromatic nitrogens is 2. The maximum Gasteiger partial charge on any atom is 0.314 e. The van der Waals surface area contributed by atoms with Crippen molar-refractivity contribution in [3.8, 4) is 11.5 Å². The van der Waals surface area contributed by atoms with Crippen LogP contribution >= 0.6 is 11.6 Å². The van der Waals surface area contributed by atoms with Crippen LogP contribution in [0.3, 0.4) is 0 Å². The summed E-state index contributed by atoms with van der Waals surface area (Å²) in [7, 11) is 0. The first-order chi connectivity index (χ1) is 12.9. The molecule has 0 unspecified atom stereocenters. The molecule has 2 aromatic carbocycles. The van der Waals surface area contributed by atoms with Crippen LogP contribution in [0.2, 0.25) is 5.02 Å². The summed E-state index contributed by atoms with van der Waals surface area (Å²) in [5, 5.41) is 8.98. The smallest absolute Gasteiger partial charge is 0.314 e. The number of hydrogen-bond donors (Lipinski definition) is 2. The molecule has 0 aliphatic heterocycles. The van der Waals surface area contributed by atoms with E-state index >= 15 is 0 Å². The van der Waals surface area contributed by atoms with Gasteiger partial charge in [-0.05, 0) is 35.4 Å². The lowest BCUT2D eigenvalue weighted by Gasteiger charge is -2.15. The number of halogens is 3. The Morgan fingerprint density at radius 3 is 2.37 bits per heavy atom. The van der Waals surface area contributed by atoms with E-state index in [0.717, 1.165) is 11.1 Å². The van der Waals surface area contributed by atoms with Crippen LogP contribution in [0.1, 0.15) is 23.4 Å². The highest BCUT2D eigenvalue weighted by atomic mass is 35.5. The fourth-order valence-electron chi connectivity index (χ4n) is 2.34. The van der Waals surface area contributed by atoms with Crippen LogP contribution in [0.15, 0.2) is 59.1 Å². The first kappa shape index (κ1) is 18.8. The van der Waals surface area contributed by atoms with E-state index < -0.39 is 12.3 Å². The summed E-state index contributed by atoms with van der Waals surface area (Å²) in [5.41, 5.74) is 8.76. The molecule has 0 saturated carbocycles. The van der Waals surface area contributed by atoms with Crippen LogP contribution < -0.4 is 11.6 Å². The molecule has 0 aliphatic carbocycles. The second-order valence-electron chi connectivity index (χ2n) is 5.71. The van der Waals surface area contributed by atoms with Gasteiger partial charge in [0.2, 0.25) is 5.89 Å². The number of alkyl halides is 2. The fraction of sp³-hybridized carbons (Fsp3) is 0.111. The Morgan fingerprint density at radius 1 is 1.11 bits per heavy atom. The second-order valence-corrected chi connectivity index (χ2v) is 6.14. The van der Waals surface area contributed by atoms with E-state index in [0.29, 0.717) is 22.8 Å². The normalized spacial score (nSPS) is 11.8. The van der Waals surface area contributed by atoms with Gasteiger partial charge < -0.3 is 15.2 Å². The third-order valence-electron chi connectivity index (χ3n) is 3.68. The SMILES string of the molecule is N/C(=C\N(N)Cc1ccc(-c2nnc(C(F)F)o2)cc1)c1ccc(Cl)cc1. The summed E-state index contributed by atoms with van der Waals surface area (Å²) in [6.45, 7) is 0.390.